The number of nitrogen functional groups attached to an aromatic ring is 1. The molecule has 0 fully saturated rings. The van der Waals surface area contributed by atoms with Gasteiger partial charge in [-0.05, 0) is 42.0 Å². The highest BCUT2D eigenvalue weighted by Gasteiger charge is 2.15. The van der Waals surface area contributed by atoms with E-state index in [1.165, 1.54) is 16.4 Å². The lowest BCUT2D eigenvalue weighted by molar-refractivity contribution is -0.118. The number of hydrogen-bond acceptors (Lipinski definition) is 9. The van der Waals surface area contributed by atoms with E-state index in [-0.39, 0.29) is 18.5 Å². The lowest BCUT2D eigenvalue weighted by Crippen LogP contribution is -2.25. The van der Waals surface area contributed by atoms with Gasteiger partial charge in [0.2, 0.25) is 17.9 Å². The zero-order valence-electron chi connectivity index (χ0n) is 16.8. The Balaban J connectivity index is 1.24. The van der Waals surface area contributed by atoms with Crippen molar-refractivity contribution in [3.05, 3.63) is 53.9 Å². The van der Waals surface area contributed by atoms with Crippen molar-refractivity contribution in [1.29, 1.82) is 0 Å². The maximum atomic E-state index is 12.2. The number of carbonyl (C=O) groups is 1. The van der Waals surface area contributed by atoms with Crippen molar-refractivity contribution in [2.24, 2.45) is 0 Å². The largest absolute Gasteiger partial charge is 0.497 e. The number of rotatable bonds is 9. The molecule has 162 valence electrons. The minimum absolute atomic E-state index is 0.136. The first-order chi connectivity index (χ1) is 15.1. The van der Waals surface area contributed by atoms with Gasteiger partial charge in [-0.25, -0.2) is 4.68 Å². The van der Waals surface area contributed by atoms with Crippen LogP contribution in [0.25, 0.3) is 0 Å². The van der Waals surface area contributed by atoms with Crippen LogP contribution in [0.3, 0.4) is 0 Å². The molecule has 0 saturated carbocycles. The number of anilines is 1. The number of amides is 1. The number of benzene rings is 2. The number of nitrogens with one attached hydrogen (secondary N) is 2. The lowest BCUT2D eigenvalue weighted by Gasteiger charge is -2.08. The Morgan fingerprint density at radius 3 is 2.77 bits per heavy atom. The molecule has 0 atom stereocenters. The van der Waals surface area contributed by atoms with Gasteiger partial charge in [-0.15, -0.1) is 10.2 Å². The van der Waals surface area contributed by atoms with Gasteiger partial charge >= 0.3 is 0 Å². The predicted molar refractivity (Wildman–Crippen MR) is 116 cm³/mol. The van der Waals surface area contributed by atoms with Crippen LogP contribution in [0.4, 0.5) is 5.69 Å². The molecule has 0 radical (unpaired) electrons. The molecule has 1 aliphatic rings. The van der Waals surface area contributed by atoms with E-state index in [1.807, 2.05) is 42.5 Å². The molecule has 0 unspecified atom stereocenters. The standard InChI is InChI=1S/C20H22N6O4S/c1-28-15-5-3-14(4-6-15)22-10-18-24-25-20(26(18)21)31-11-19(27)23-9-13-2-7-16-17(8-13)30-12-29-16/h2-8,22H,9-12,21H2,1H3,(H,23,27). The van der Waals surface area contributed by atoms with Crippen LogP contribution < -0.4 is 30.7 Å². The van der Waals surface area contributed by atoms with Gasteiger partial charge in [0.15, 0.2) is 17.3 Å². The average Bonchev–Trinajstić information content (AvgIpc) is 3.41. The molecule has 0 spiro atoms. The molecule has 2 heterocycles. The van der Waals surface area contributed by atoms with E-state index in [0.29, 0.717) is 35.6 Å². The number of methoxy groups -OCH3 is 1. The first kappa shape index (κ1) is 20.7. The number of ether oxygens (including phenoxy) is 3. The second-order valence-corrected chi connectivity index (χ2v) is 7.55. The van der Waals surface area contributed by atoms with Crippen LogP contribution in [-0.2, 0) is 17.9 Å². The van der Waals surface area contributed by atoms with E-state index in [4.69, 9.17) is 20.1 Å². The number of nitrogens with zero attached hydrogens (tertiary/aromatic N) is 3. The fraction of sp³-hybridized carbons (Fsp3) is 0.250. The van der Waals surface area contributed by atoms with E-state index < -0.39 is 0 Å². The van der Waals surface area contributed by atoms with Crippen molar-refractivity contribution in [1.82, 2.24) is 20.2 Å². The number of nitrogens with two attached hydrogens (primary N) is 1. The fourth-order valence-electron chi connectivity index (χ4n) is 2.85. The van der Waals surface area contributed by atoms with Crippen molar-refractivity contribution >= 4 is 23.4 Å². The second kappa shape index (κ2) is 9.47. The summed E-state index contributed by atoms with van der Waals surface area (Å²) in [5, 5.41) is 14.7. The smallest absolute Gasteiger partial charge is 0.231 e. The zero-order valence-corrected chi connectivity index (χ0v) is 17.6. The van der Waals surface area contributed by atoms with Crippen molar-refractivity contribution in [3.8, 4) is 17.2 Å². The Morgan fingerprint density at radius 1 is 1.16 bits per heavy atom. The maximum absolute atomic E-state index is 12.2. The third-order valence-electron chi connectivity index (χ3n) is 4.53. The number of thioether (sulfide) groups is 1. The van der Waals surface area contributed by atoms with Gasteiger partial charge < -0.3 is 30.7 Å². The number of carbonyl (C=O) groups excluding carboxylic acids is 1. The third kappa shape index (κ3) is 5.12. The predicted octanol–water partition coefficient (Wildman–Crippen LogP) is 1.75. The highest BCUT2D eigenvalue weighted by atomic mass is 32.2. The van der Waals surface area contributed by atoms with Gasteiger partial charge in [-0.2, -0.15) is 0 Å². The highest BCUT2D eigenvalue weighted by Crippen LogP contribution is 2.32. The Labute approximate surface area is 183 Å². The van der Waals surface area contributed by atoms with Crippen LogP contribution in [-0.4, -0.2) is 40.4 Å². The van der Waals surface area contributed by atoms with Crippen LogP contribution in [0.15, 0.2) is 47.6 Å². The van der Waals surface area contributed by atoms with Crippen molar-refractivity contribution in [2.75, 3.05) is 30.8 Å². The Kier molecular flexibility index (Phi) is 6.32. The Bertz CT molecular complexity index is 1060. The lowest BCUT2D eigenvalue weighted by atomic mass is 10.2. The molecule has 0 aliphatic carbocycles. The topological polar surface area (TPSA) is 126 Å². The molecule has 1 aliphatic heterocycles. The molecular formula is C20H22N6O4S. The Hall–Kier alpha value is -3.60. The summed E-state index contributed by atoms with van der Waals surface area (Å²) < 4.78 is 17.1. The summed E-state index contributed by atoms with van der Waals surface area (Å²) in [5.41, 5.74) is 1.83. The normalized spacial score (nSPS) is 11.9. The summed E-state index contributed by atoms with van der Waals surface area (Å²) in [6.45, 7) is 1.01. The van der Waals surface area contributed by atoms with E-state index in [1.54, 1.807) is 7.11 Å². The van der Waals surface area contributed by atoms with Crippen LogP contribution >= 0.6 is 11.8 Å². The molecule has 11 heteroatoms. The number of fused-ring (bicyclic) bond motifs is 1. The van der Waals surface area contributed by atoms with Crippen LogP contribution in [0.2, 0.25) is 0 Å². The second-order valence-electron chi connectivity index (χ2n) is 6.60. The summed E-state index contributed by atoms with van der Waals surface area (Å²) in [7, 11) is 1.62. The molecular weight excluding hydrogens is 420 g/mol. The molecule has 4 N–H and O–H groups in total. The van der Waals surface area contributed by atoms with E-state index >= 15 is 0 Å². The van der Waals surface area contributed by atoms with Crippen molar-refractivity contribution in [2.45, 2.75) is 18.2 Å². The van der Waals surface area contributed by atoms with Gasteiger partial charge in [0.1, 0.15) is 5.75 Å². The Morgan fingerprint density at radius 2 is 1.97 bits per heavy atom. The SMILES string of the molecule is COc1ccc(NCc2nnc(SCC(=O)NCc3ccc4c(c3)OCO4)n2N)cc1. The van der Waals surface area contributed by atoms with Crippen LogP contribution in [0.5, 0.6) is 17.2 Å². The first-order valence-electron chi connectivity index (χ1n) is 9.47. The number of aromatic nitrogens is 3. The van der Waals surface area contributed by atoms with Crippen LogP contribution in [0, 0.1) is 0 Å². The molecule has 1 aromatic heterocycles. The average molecular weight is 443 g/mol. The summed E-state index contributed by atoms with van der Waals surface area (Å²) in [5.74, 6) is 8.84. The van der Waals surface area contributed by atoms with E-state index in [0.717, 1.165) is 17.0 Å². The molecule has 3 aromatic rings. The maximum Gasteiger partial charge on any atom is 0.231 e. The molecule has 1 amide bonds. The van der Waals surface area contributed by atoms with Gasteiger partial charge in [0.25, 0.3) is 0 Å². The molecule has 31 heavy (non-hydrogen) atoms. The molecule has 4 rings (SSSR count). The first-order valence-corrected chi connectivity index (χ1v) is 10.5. The summed E-state index contributed by atoms with van der Waals surface area (Å²) >= 11 is 1.22. The molecule has 0 bridgehead atoms. The molecule has 0 saturated heterocycles. The van der Waals surface area contributed by atoms with Gasteiger partial charge in [0, 0.05) is 12.2 Å². The van der Waals surface area contributed by atoms with Crippen molar-refractivity contribution < 1.29 is 19.0 Å². The van der Waals surface area contributed by atoms with Gasteiger partial charge in [-0.3, -0.25) is 4.79 Å². The van der Waals surface area contributed by atoms with Gasteiger partial charge in [-0.1, -0.05) is 17.8 Å². The van der Waals surface area contributed by atoms with E-state index in [9.17, 15) is 4.79 Å². The quantitative estimate of drug-likeness (QED) is 0.336. The molecule has 10 nitrogen and oxygen atoms in total. The van der Waals surface area contributed by atoms with Crippen molar-refractivity contribution in [3.63, 3.8) is 0 Å². The summed E-state index contributed by atoms with van der Waals surface area (Å²) in [6.07, 6.45) is 0. The number of hydrogen-bond donors (Lipinski definition) is 3. The molecule has 2 aromatic carbocycles. The summed E-state index contributed by atoms with van der Waals surface area (Å²) in [6, 6.07) is 13.1. The minimum atomic E-state index is -0.136. The third-order valence-corrected chi connectivity index (χ3v) is 5.48. The fourth-order valence-corrected chi connectivity index (χ4v) is 3.55. The van der Waals surface area contributed by atoms with Gasteiger partial charge in [0.05, 0.1) is 19.4 Å². The van der Waals surface area contributed by atoms with E-state index in [2.05, 4.69) is 20.8 Å². The zero-order chi connectivity index (χ0) is 21.6. The summed E-state index contributed by atoms with van der Waals surface area (Å²) in [4.78, 5) is 12.2. The highest BCUT2D eigenvalue weighted by molar-refractivity contribution is 7.99. The monoisotopic (exact) mass is 442 g/mol. The van der Waals surface area contributed by atoms with Crippen LogP contribution in [0.1, 0.15) is 11.4 Å². The minimum Gasteiger partial charge on any atom is -0.497 e.